The molecule has 7 heteroatoms. The van der Waals surface area contributed by atoms with E-state index in [1.807, 2.05) is 23.1 Å². The van der Waals surface area contributed by atoms with Gasteiger partial charge in [0.05, 0.1) is 24.0 Å². The number of carbonyl (C=O) groups is 1. The lowest BCUT2D eigenvalue weighted by molar-refractivity contribution is -0.109. The van der Waals surface area contributed by atoms with Crippen molar-refractivity contribution in [3.05, 3.63) is 42.1 Å². The maximum atomic E-state index is 12.6. The molecule has 120 valence electrons. The number of nitrogens with zero attached hydrogens (tertiary/aromatic N) is 3. The Balaban J connectivity index is 1.58. The molecule has 1 aromatic carbocycles. The molecule has 2 fully saturated rings. The Kier molecular flexibility index (Phi) is 3.74. The fraction of sp³-hybridized carbons (Fsp3) is 0.438. The predicted molar refractivity (Wildman–Crippen MR) is 87.3 cm³/mol. The minimum atomic E-state index is -0.108. The third-order valence-corrected chi connectivity index (χ3v) is 5.32. The summed E-state index contributed by atoms with van der Waals surface area (Å²) in [7, 11) is 0. The Morgan fingerprint density at radius 1 is 1.30 bits per heavy atom. The Morgan fingerprint density at radius 2 is 2.09 bits per heavy atom. The normalized spacial score (nSPS) is 22.6. The predicted octanol–water partition coefficient (Wildman–Crippen LogP) is 2.92. The Hall–Kier alpha value is -1.99. The summed E-state index contributed by atoms with van der Waals surface area (Å²) in [6.45, 7) is 2.31. The SMILES string of the molecule is O=C(Nc1cnsn1)N1CC2(CCOCC2)C1c1ccccc1. The average molecular weight is 330 g/mol. The van der Waals surface area contributed by atoms with E-state index in [0.717, 1.165) is 44.3 Å². The van der Waals surface area contributed by atoms with Gasteiger partial charge >= 0.3 is 6.03 Å². The van der Waals surface area contributed by atoms with Crippen LogP contribution in [0.3, 0.4) is 0 Å². The molecule has 2 aromatic rings. The van der Waals surface area contributed by atoms with Crippen molar-refractivity contribution in [2.75, 3.05) is 25.1 Å². The number of anilines is 1. The molecule has 2 amide bonds. The van der Waals surface area contributed by atoms with Crippen molar-refractivity contribution in [2.45, 2.75) is 18.9 Å². The Morgan fingerprint density at radius 3 is 2.78 bits per heavy atom. The van der Waals surface area contributed by atoms with Crippen LogP contribution in [0.15, 0.2) is 36.5 Å². The second-order valence-corrected chi connectivity index (χ2v) is 6.70. The summed E-state index contributed by atoms with van der Waals surface area (Å²) in [4.78, 5) is 14.5. The molecule has 0 aliphatic carbocycles. The van der Waals surface area contributed by atoms with E-state index in [9.17, 15) is 4.79 Å². The zero-order valence-electron chi connectivity index (χ0n) is 12.6. The summed E-state index contributed by atoms with van der Waals surface area (Å²) in [5.74, 6) is 0.514. The quantitative estimate of drug-likeness (QED) is 0.919. The number of amides is 2. The summed E-state index contributed by atoms with van der Waals surface area (Å²) in [6, 6.07) is 10.3. The first-order valence-electron chi connectivity index (χ1n) is 7.76. The van der Waals surface area contributed by atoms with Crippen LogP contribution in [-0.2, 0) is 4.74 Å². The summed E-state index contributed by atoms with van der Waals surface area (Å²) in [5, 5.41) is 2.84. The first-order chi connectivity index (χ1) is 11.3. The van der Waals surface area contributed by atoms with Crippen molar-refractivity contribution >= 4 is 23.6 Å². The van der Waals surface area contributed by atoms with Gasteiger partial charge in [-0.25, -0.2) is 4.79 Å². The summed E-state index contributed by atoms with van der Waals surface area (Å²) < 4.78 is 13.5. The van der Waals surface area contributed by atoms with Crippen LogP contribution in [0.2, 0.25) is 0 Å². The molecule has 0 radical (unpaired) electrons. The highest BCUT2D eigenvalue weighted by molar-refractivity contribution is 6.99. The molecule has 1 spiro atoms. The van der Waals surface area contributed by atoms with Gasteiger partial charge in [-0.15, -0.1) is 0 Å². The largest absolute Gasteiger partial charge is 0.381 e. The maximum absolute atomic E-state index is 12.6. The zero-order chi connectivity index (χ0) is 15.7. The van der Waals surface area contributed by atoms with Gasteiger partial charge in [-0.05, 0) is 18.4 Å². The first kappa shape index (κ1) is 14.6. The number of hydrogen-bond donors (Lipinski definition) is 1. The Labute approximate surface area is 138 Å². The average Bonchev–Trinajstić information content (AvgIpc) is 3.07. The van der Waals surface area contributed by atoms with Crippen LogP contribution in [0.4, 0.5) is 10.6 Å². The molecular weight excluding hydrogens is 312 g/mol. The molecule has 1 atom stereocenters. The second-order valence-electron chi connectivity index (χ2n) is 6.14. The van der Waals surface area contributed by atoms with Crippen molar-refractivity contribution in [1.29, 1.82) is 0 Å². The number of aromatic nitrogens is 2. The highest BCUT2D eigenvalue weighted by atomic mass is 32.1. The van der Waals surface area contributed by atoms with Gasteiger partial charge in [-0.2, -0.15) is 8.75 Å². The number of ether oxygens (including phenoxy) is 1. The molecule has 4 rings (SSSR count). The minimum Gasteiger partial charge on any atom is -0.381 e. The van der Waals surface area contributed by atoms with Crippen molar-refractivity contribution in [3.63, 3.8) is 0 Å². The third-order valence-electron chi connectivity index (χ3n) is 4.84. The number of hydrogen-bond acceptors (Lipinski definition) is 5. The number of carbonyl (C=O) groups excluding carboxylic acids is 1. The molecule has 3 heterocycles. The van der Waals surface area contributed by atoms with Crippen LogP contribution >= 0.6 is 11.7 Å². The van der Waals surface area contributed by atoms with E-state index in [2.05, 4.69) is 26.2 Å². The van der Waals surface area contributed by atoms with Gasteiger partial charge < -0.3 is 9.64 Å². The summed E-state index contributed by atoms with van der Waals surface area (Å²) in [5.41, 5.74) is 1.32. The summed E-state index contributed by atoms with van der Waals surface area (Å²) in [6.07, 6.45) is 3.56. The van der Waals surface area contributed by atoms with E-state index in [1.165, 1.54) is 5.56 Å². The van der Waals surface area contributed by atoms with Crippen molar-refractivity contribution < 1.29 is 9.53 Å². The standard InChI is InChI=1S/C16H18N4O2S/c21-15(18-13-10-17-23-19-13)20-11-16(6-8-22-9-7-16)14(20)12-4-2-1-3-5-12/h1-5,10,14H,6-9,11H2,(H,18,19,21). The number of urea groups is 1. The lowest BCUT2D eigenvalue weighted by Crippen LogP contribution is -2.63. The van der Waals surface area contributed by atoms with Crippen molar-refractivity contribution in [1.82, 2.24) is 13.6 Å². The van der Waals surface area contributed by atoms with Gasteiger partial charge in [-0.1, -0.05) is 30.3 Å². The smallest absolute Gasteiger partial charge is 0.323 e. The van der Waals surface area contributed by atoms with Crippen LogP contribution in [0.25, 0.3) is 0 Å². The number of rotatable bonds is 2. The number of benzene rings is 1. The van der Waals surface area contributed by atoms with E-state index >= 15 is 0 Å². The van der Waals surface area contributed by atoms with Crippen molar-refractivity contribution in [2.24, 2.45) is 5.41 Å². The van der Waals surface area contributed by atoms with Crippen LogP contribution in [0.5, 0.6) is 0 Å². The lowest BCUT2D eigenvalue weighted by atomic mass is 9.64. The van der Waals surface area contributed by atoms with E-state index in [0.29, 0.717) is 5.82 Å². The number of nitrogens with one attached hydrogen (secondary N) is 1. The van der Waals surface area contributed by atoms with Gasteiger partial charge in [-0.3, -0.25) is 5.32 Å². The summed E-state index contributed by atoms with van der Waals surface area (Å²) >= 11 is 1.09. The van der Waals surface area contributed by atoms with Crippen LogP contribution in [0.1, 0.15) is 24.4 Å². The zero-order valence-corrected chi connectivity index (χ0v) is 13.5. The van der Waals surface area contributed by atoms with Crippen LogP contribution < -0.4 is 5.32 Å². The fourth-order valence-corrected chi connectivity index (χ4v) is 4.08. The molecule has 2 aliphatic heterocycles. The topological polar surface area (TPSA) is 67.4 Å². The van der Waals surface area contributed by atoms with E-state index in [1.54, 1.807) is 6.20 Å². The van der Waals surface area contributed by atoms with Gasteiger partial charge in [0, 0.05) is 25.2 Å². The van der Waals surface area contributed by atoms with Gasteiger partial charge in [0.15, 0.2) is 5.82 Å². The van der Waals surface area contributed by atoms with E-state index in [4.69, 9.17) is 4.74 Å². The fourth-order valence-electron chi connectivity index (χ4n) is 3.70. The minimum absolute atomic E-state index is 0.0965. The lowest BCUT2D eigenvalue weighted by Gasteiger charge is -2.59. The monoisotopic (exact) mass is 330 g/mol. The molecule has 2 aliphatic rings. The highest BCUT2D eigenvalue weighted by Gasteiger charge is 2.55. The van der Waals surface area contributed by atoms with Gasteiger partial charge in [0.1, 0.15) is 0 Å². The number of likely N-dealkylation sites (tertiary alicyclic amines) is 1. The highest BCUT2D eigenvalue weighted by Crippen LogP contribution is 2.54. The molecule has 1 aromatic heterocycles. The molecule has 6 nitrogen and oxygen atoms in total. The molecule has 1 unspecified atom stereocenters. The van der Waals surface area contributed by atoms with E-state index in [-0.39, 0.29) is 17.5 Å². The molecule has 2 saturated heterocycles. The second kappa shape index (κ2) is 5.90. The maximum Gasteiger partial charge on any atom is 0.323 e. The molecule has 1 N–H and O–H groups in total. The Bertz CT molecular complexity index is 671. The first-order valence-corrected chi connectivity index (χ1v) is 8.49. The van der Waals surface area contributed by atoms with Crippen LogP contribution in [0, 0.1) is 5.41 Å². The van der Waals surface area contributed by atoms with Gasteiger partial charge in [0.25, 0.3) is 0 Å². The molecule has 23 heavy (non-hydrogen) atoms. The molecule has 0 saturated carbocycles. The third kappa shape index (κ3) is 2.60. The molecule has 0 bridgehead atoms. The molecular formula is C16H18N4O2S. The van der Waals surface area contributed by atoms with Gasteiger partial charge in [0.2, 0.25) is 0 Å². The van der Waals surface area contributed by atoms with E-state index < -0.39 is 0 Å². The van der Waals surface area contributed by atoms with Crippen molar-refractivity contribution in [3.8, 4) is 0 Å². The van der Waals surface area contributed by atoms with Crippen LogP contribution in [-0.4, -0.2) is 39.4 Å².